The van der Waals surface area contributed by atoms with Gasteiger partial charge in [-0.1, -0.05) is 6.08 Å². The summed E-state index contributed by atoms with van der Waals surface area (Å²) in [7, 11) is 1.60. The van der Waals surface area contributed by atoms with E-state index in [4.69, 9.17) is 18.9 Å². The predicted molar refractivity (Wildman–Crippen MR) is 84.0 cm³/mol. The Bertz CT molecular complexity index is 464. The van der Waals surface area contributed by atoms with E-state index in [1.54, 1.807) is 37.5 Å². The van der Waals surface area contributed by atoms with Crippen LogP contribution in [0.3, 0.4) is 0 Å². The highest BCUT2D eigenvalue weighted by atomic mass is 16.6. The number of allylic oxidation sites excluding steroid dienone is 1. The minimum Gasteiger partial charge on any atom is -0.497 e. The first kappa shape index (κ1) is 17.8. The van der Waals surface area contributed by atoms with E-state index in [0.29, 0.717) is 12.4 Å². The SMILES string of the molecule is C=CCCCOCC(=O)OC/C=C\Oc1ccc(OC)cc1. The second-order valence-electron chi connectivity index (χ2n) is 4.33. The van der Waals surface area contributed by atoms with Crippen LogP contribution in [0, 0.1) is 0 Å². The molecule has 0 bridgehead atoms. The van der Waals surface area contributed by atoms with Gasteiger partial charge in [0, 0.05) is 6.61 Å². The molecule has 120 valence electrons. The first-order valence-electron chi connectivity index (χ1n) is 7.06. The number of esters is 1. The lowest BCUT2D eigenvalue weighted by Gasteiger charge is -2.04. The summed E-state index contributed by atoms with van der Waals surface area (Å²) in [5.41, 5.74) is 0. The molecule has 1 aromatic rings. The van der Waals surface area contributed by atoms with Gasteiger partial charge in [-0.05, 0) is 43.2 Å². The molecule has 5 heteroatoms. The van der Waals surface area contributed by atoms with Crippen LogP contribution in [0.2, 0.25) is 0 Å². The minimum atomic E-state index is -0.396. The summed E-state index contributed by atoms with van der Waals surface area (Å²) in [4.78, 5) is 11.3. The summed E-state index contributed by atoms with van der Waals surface area (Å²) in [6, 6.07) is 7.17. The van der Waals surface area contributed by atoms with Crippen molar-refractivity contribution in [3.05, 3.63) is 49.3 Å². The van der Waals surface area contributed by atoms with Crippen molar-refractivity contribution in [1.29, 1.82) is 0 Å². The van der Waals surface area contributed by atoms with Gasteiger partial charge in [0.25, 0.3) is 0 Å². The molecular formula is C17H22O5. The molecule has 0 aliphatic rings. The third-order valence-electron chi connectivity index (χ3n) is 2.62. The lowest BCUT2D eigenvalue weighted by Crippen LogP contribution is -2.13. The van der Waals surface area contributed by atoms with Gasteiger partial charge in [0.15, 0.2) is 0 Å². The van der Waals surface area contributed by atoms with Crippen LogP contribution < -0.4 is 9.47 Å². The smallest absolute Gasteiger partial charge is 0.332 e. The summed E-state index contributed by atoms with van der Waals surface area (Å²) in [5, 5.41) is 0. The van der Waals surface area contributed by atoms with Crippen molar-refractivity contribution < 1.29 is 23.7 Å². The molecule has 0 atom stereocenters. The molecule has 0 saturated carbocycles. The zero-order valence-corrected chi connectivity index (χ0v) is 12.8. The maximum absolute atomic E-state index is 11.3. The van der Waals surface area contributed by atoms with Gasteiger partial charge in [-0.25, -0.2) is 4.79 Å². The molecule has 0 saturated heterocycles. The van der Waals surface area contributed by atoms with E-state index in [1.807, 2.05) is 6.08 Å². The van der Waals surface area contributed by atoms with Crippen LogP contribution in [0.15, 0.2) is 49.3 Å². The molecule has 1 rings (SSSR count). The van der Waals surface area contributed by atoms with Gasteiger partial charge in [0.2, 0.25) is 0 Å². The highest BCUT2D eigenvalue weighted by Gasteiger charge is 2.00. The van der Waals surface area contributed by atoms with Gasteiger partial charge in [0.05, 0.1) is 13.4 Å². The van der Waals surface area contributed by atoms with Crippen LogP contribution in [0.25, 0.3) is 0 Å². The molecule has 0 heterocycles. The standard InChI is InChI=1S/C17H22O5/c1-3-4-5-11-20-14-17(18)22-13-6-12-21-16-9-7-15(19-2)8-10-16/h3,6-10,12H,1,4-5,11,13-14H2,2H3/b12-6-. The highest BCUT2D eigenvalue weighted by molar-refractivity contribution is 5.70. The van der Waals surface area contributed by atoms with Crippen LogP contribution in [0.5, 0.6) is 11.5 Å². The molecule has 0 aliphatic carbocycles. The van der Waals surface area contributed by atoms with Crippen LogP contribution in [0.1, 0.15) is 12.8 Å². The first-order chi connectivity index (χ1) is 10.8. The van der Waals surface area contributed by atoms with Crippen LogP contribution in [-0.2, 0) is 14.3 Å². The van der Waals surface area contributed by atoms with Gasteiger partial charge >= 0.3 is 5.97 Å². The minimum absolute atomic E-state index is 0.0374. The Kier molecular flexibility index (Phi) is 9.21. The van der Waals surface area contributed by atoms with Gasteiger partial charge in [0.1, 0.15) is 24.7 Å². The van der Waals surface area contributed by atoms with Crippen molar-refractivity contribution in [3.8, 4) is 11.5 Å². The van der Waals surface area contributed by atoms with E-state index in [0.717, 1.165) is 18.6 Å². The van der Waals surface area contributed by atoms with Gasteiger partial charge in [-0.3, -0.25) is 0 Å². The van der Waals surface area contributed by atoms with Crippen molar-refractivity contribution >= 4 is 5.97 Å². The molecule has 0 aliphatic heterocycles. The molecule has 1 aromatic carbocycles. The van der Waals surface area contributed by atoms with E-state index < -0.39 is 5.97 Å². The Labute approximate surface area is 131 Å². The average molecular weight is 306 g/mol. The Morgan fingerprint density at radius 1 is 1.23 bits per heavy atom. The number of carbonyl (C=O) groups is 1. The zero-order chi connectivity index (χ0) is 16.0. The Morgan fingerprint density at radius 2 is 1.95 bits per heavy atom. The topological polar surface area (TPSA) is 54.0 Å². The maximum atomic E-state index is 11.3. The lowest BCUT2D eigenvalue weighted by atomic mass is 10.3. The summed E-state index contributed by atoms with van der Waals surface area (Å²) in [5.74, 6) is 1.04. The number of benzene rings is 1. The largest absolute Gasteiger partial charge is 0.497 e. The normalized spacial score (nSPS) is 10.4. The summed E-state index contributed by atoms with van der Waals surface area (Å²) in [6.07, 6.45) is 6.63. The van der Waals surface area contributed by atoms with Crippen molar-refractivity contribution in [3.63, 3.8) is 0 Å². The third-order valence-corrected chi connectivity index (χ3v) is 2.62. The van der Waals surface area contributed by atoms with Gasteiger partial charge in [-0.15, -0.1) is 6.58 Å². The van der Waals surface area contributed by atoms with Crippen LogP contribution in [0.4, 0.5) is 0 Å². The number of carbonyl (C=O) groups excluding carboxylic acids is 1. The summed E-state index contributed by atoms with van der Waals surface area (Å²) < 4.78 is 20.5. The fourth-order valence-electron chi connectivity index (χ4n) is 1.49. The van der Waals surface area contributed by atoms with Crippen molar-refractivity contribution in [2.75, 3.05) is 26.9 Å². The molecule has 0 radical (unpaired) electrons. The van der Waals surface area contributed by atoms with Crippen molar-refractivity contribution in [2.24, 2.45) is 0 Å². The second-order valence-corrected chi connectivity index (χ2v) is 4.33. The number of ether oxygens (including phenoxy) is 4. The van der Waals surface area contributed by atoms with E-state index in [1.165, 1.54) is 6.26 Å². The maximum Gasteiger partial charge on any atom is 0.332 e. The fourth-order valence-corrected chi connectivity index (χ4v) is 1.49. The number of methoxy groups -OCH3 is 1. The molecule has 5 nitrogen and oxygen atoms in total. The molecule has 0 unspecified atom stereocenters. The van der Waals surface area contributed by atoms with Crippen LogP contribution >= 0.6 is 0 Å². The predicted octanol–water partition coefficient (Wildman–Crippen LogP) is 3.11. The average Bonchev–Trinajstić information content (AvgIpc) is 2.55. The van der Waals surface area contributed by atoms with E-state index in [2.05, 4.69) is 6.58 Å². The number of hydrogen-bond donors (Lipinski definition) is 0. The molecule has 0 fully saturated rings. The molecular weight excluding hydrogens is 284 g/mol. The zero-order valence-electron chi connectivity index (χ0n) is 12.8. The van der Waals surface area contributed by atoms with Crippen LogP contribution in [-0.4, -0.2) is 32.9 Å². The quantitative estimate of drug-likeness (QED) is 0.272. The highest BCUT2D eigenvalue weighted by Crippen LogP contribution is 2.16. The third kappa shape index (κ3) is 8.11. The van der Waals surface area contributed by atoms with Gasteiger partial charge in [-0.2, -0.15) is 0 Å². The van der Waals surface area contributed by atoms with E-state index in [9.17, 15) is 4.79 Å². The molecule has 0 aromatic heterocycles. The Balaban J connectivity index is 2.09. The molecule has 0 spiro atoms. The lowest BCUT2D eigenvalue weighted by molar-refractivity contribution is -0.147. The number of unbranched alkanes of at least 4 members (excludes halogenated alkanes) is 1. The van der Waals surface area contributed by atoms with E-state index >= 15 is 0 Å². The Morgan fingerprint density at radius 3 is 2.64 bits per heavy atom. The number of hydrogen-bond acceptors (Lipinski definition) is 5. The van der Waals surface area contributed by atoms with Gasteiger partial charge < -0.3 is 18.9 Å². The fraction of sp³-hybridized carbons (Fsp3) is 0.353. The number of rotatable bonds is 11. The second kappa shape index (κ2) is 11.4. The molecule has 0 N–H and O–H groups in total. The first-order valence-corrected chi connectivity index (χ1v) is 7.06. The van der Waals surface area contributed by atoms with Crippen molar-refractivity contribution in [1.82, 2.24) is 0 Å². The molecule has 22 heavy (non-hydrogen) atoms. The Hall–Kier alpha value is -2.27. The van der Waals surface area contributed by atoms with E-state index in [-0.39, 0.29) is 13.2 Å². The van der Waals surface area contributed by atoms with Crippen molar-refractivity contribution in [2.45, 2.75) is 12.8 Å². The monoisotopic (exact) mass is 306 g/mol. The summed E-state index contributed by atoms with van der Waals surface area (Å²) in [6.45, 7) is 4.24. The summed E-state index contributed by atoms with van der Waals surface area (Å²) >= 11 is 0. The molecule has 0 amide bonds.